The molecule has 1 rings (SSSR count). The van der Waals surface area contributed by atoms with E-state index in [1.54, 1.807) is 19.9 Å². The first-order chi connectivity index (χ1) is 6.95. The Bertz CT molecular complexity index is 449. The molecule has 0 aliphatic carbocycles. The number of hydrogen-bond acceptors (Lipinski definition) is 5. The van der Waals surface area contributed by atoms with E-state index in [-0.39, 0.29) is 10.8 Å². The number of aryl methyl sites for hydroxylation is 1. The van der Waals surface area contributed by atoms with Crippen molar-refractivity contribution >= 4 is 27.5 Å². The van der Waals surface area contributed by atoms with Gasteiger partial charge in [0.15, 0.2) is 0 Å². The van der Waals surface area contributed by atoms with Crippen molar-refractivity contribution in [1.29, 1.82) is 0 Å². The van der Waals surface area contributed by atoms with Crippen LogP contribution in [0.4, 0.5) is 4.79 Å². The molecule has 1 N–H and O–H groups in total. The fourth-order valence-electron chi connectivity index (χ4n) is 0.877. The second kappa shape index (κ2) is 4.63. The van der Waals surface area contributed by atoms with E-state index in [1.807, 2.05) is 4.72 Å². The van der Waals surface area contributed by atoms with Gasteiger partial charge >= 0.3 is 6.09 Å². The Labute approximate surface area is 92.1 Å². The van der Waals surface area contributed by atoms with Gasteiger partial charge in [-0.25, -0.2) is 17.9 Å². The van der Waals surface area contributed by atoms with Crippen LogP contribution in [0.3, 0.4) is 0 Å². The largest absolute Gasteiger partial charge is 0.449 e. The smallest absolute Gasteiger partial charge is 0.421 e. The Morgan fingerprint density at radius 1 is 1.53 bits per heavy atom. The molecule has 15 heavy (non-hydrogen) atoms. The Balaban J connectivity index is 2.81. The number of hydrogen-bond donors (Lipinski definition) is 1. The Hall–Kier alpha value is -1.08. The van der Waals surface area contributed by atoms with Crippen molar-refractivity contribution in [2.45, 2.75) is 18.1 Å². The molecule has 5 nitrogen and oxygen atoms in total. The van der Waals surface area contributed by atoms with Crippen LogP contribution in [-0.4, -0.2) is 21.1 Å². The number of rotatable bonds is 3. The molecule has 1 aromatic heterocycles. The van der Waals surface area contributed by atoms with E-state index in [0.717, 1.165) is 16.2 Å². The van der Waals surface area contributed by atoms with Crippen molar-refractivity contribution in [3.63, 3.8) is 0 Å². The van der Waals surface area contributed by atoms with Gasteiger partial charge in [-0.15, -0.1) is 11.3 Å². The van der Waals surface area contributed by atoms with Crippen molar-refractivity contribution in [2.24, 2.45) is 0 Å². The number of sulfonamides is 1. The van der Waals surface area contributed by atoms with Crippen molar-refractivity contribution in [3.05, 3.63) is 17.0 Å². The highest BCUT2D eigenvalue weighted by Gasteiger charge is 2.19. The summed E-state index contributed by atoms with van der Waals surface area (Å²) in [7, 11) is -3.77. The zero-order chi connectivity index (χ0) is 11.5. The lowest BCUT2D eigenvalue weighted by Gasteiger charge is -2.04. The van der Waals surface area contributed by atoms with Gasteiger partial charge in [0.1, 0.15) is 4.21 Å². The summed E-state index contributed by atoms with van der Waals surface area (Å²) in [6.07, 6.45) is -0.955. The number of ether oxygens (including phenoxy) is 1. The van der Waals surface area contributed by atoms with Crippen molar-refractivity contribution in [3.8, 4) is 0 Å². The summed E-state index contributed by atoms with van der Waals surface area (Å²) in [5, 5.41) is 0. The lowest BCUT2D eigenvalue weighted by atomic mass is 10.5. The molecule has 1 amide bonds. The minimum atomic E-state index is -3.77. The van der Waals surface area contributed by atoms with Crippen LogP contribution in [0.5, 0.6) is 0 Å². The number of carbonyl (C=O) groups is 1. The zero-order valence-electron chi connectivity index (χ0n) is 8.31. The first kappa shape index (κ1) is 12.0. The van der Waals surface area contributed by atoms with Crippen LogP contribution in [-0.2, 0) is 14.8 Å². The molecule has 7 heteroatoms. The van der Waals surface area contributed by atoms with E-state index < -0.39 is 16.1 Å². The molecule has 0 aliphatic rings. The highest BCUT2D eigenvalue weighted by molar-refractivity contribution is 7.92. The summed E-state index contributed by atoms with van der Waals surface area (Å²) in [5.41, 5.74) is 0. The maximum absolute atomic E-state index is 11.5. The van der Waals surface area contributed by atoms with Crippen molar-refractivity contribution in [2.75, 3.05) is 6.61 Å². The SMILES string of the molecule is CCOC(=O)NS(=O)(=O)c1ccc(C)s1. The lowest BCUT2D eigenvalue weighted by molar-refractivity contribution is 0.158. The van der Waals surface area contributed by atoms with E-state index >= 15 is 0 Å². The second-order valence-electron chi connectivity index (χ2n) is 2.69. The van der Waals surface area contributed by atoms with Gasteiger partial charge in [0.25, 0.3) is 10.0 Å². The minimum Gasteiger partial charge on any atom is -0.449 e. The average Bonchev–Trinajstić information content (AvgIpc) is 2.51. The van der Waals surface area contributed by atoms with Gasteiger partial charge in [0.2, 0.25) is 0 Å². The molecule has 0 radical (unpaired) electrons. The minimum absolute atomic E-state index is 0.105. The molecule has 0 aliphatic heterocycles. The third kappa shape index (κ3) is 3.21. The third-order valence-electron chi connectivity index (χ3n) is 1.47. The summed E-state index contributed by atoms with van der Waals surface area (Å²) in [6.45, 7) is 3.51. The number of amides is 1. The zero-order valence-corrected chi connectivity index (χ0v) is 9.94. The second-order valence-corrected chi connectivity index (χ2v) is 5.89. The standard InChI is InChI=1S/C8H11NO4S2/c1-3-13-8(10)9-15(11,12)7-5-4-6(2)14-7/h4-5H,3H2,1-2H3,(H,9,10). The number of thiophene rings is 1. The maximum atomic E-state index is 11.5. The van der Waals surface area contributed by atoms with Gasteiger partial charge in [0, 0.05) is 4.88 Å². The molecule has 1 aromatic rings. The van der Waals surface area contributed by atoms with Gasteiger partial charge in [-0.3, -0.25) is 0 Å². The molecule has 0 saturated carbocycles. The Kier molecular flexibility index (Phi) is 3.70. The van der Waals surface area contributed by atoms with Crippen LogP contribution in [0.2, 0.25) is 0 Å². The molecule has 0 atom stereocenters. The van der Waals surface area contributed by atoms with Gasteiger partial charge < -0.3 is 4.74 Å². The Morgan fingerprint density at radius 2 is 2.20 bits per heavy atom. The number of carbonyl (C=O) groups excluding carboxylic acids is 1. The van der Waals surface area contributed by atoms with Gasteiger partial charge in [-0.2, -0.15) is 0 Å². The summed E-state index contributed by atoms with van der Waals surface area (Å²) in [5.74, 6) is 0. The summed E-state index contributed by atoms with van der Waals surface area (Å²) in [4.78, 5) is 11.8. The normalized spacial score (nSPS) is 11.1. The molecule has 0 aromatic carbocycles. The van der Waals surface area contributed by atoms with E-state index in [1.165, 1.54) is 6.07 Å². The first-order valence-electron chi connectivity index (χ1n) is 4.21. The van der Waals surface area contributed by atoms with Crippen LogP contribution < -0.4 is 4.72 Å². The summed E-state index contributed by atoms with van der Waals surface area (Å²) < 4.78 is 29.5. The highest BCUT2D eigenvalue weighted by Crippen LogP contribution is 2.20. The van der Waals surface area contributed by atoms with E-state index in [0.29, 0.717) is 0 Å². The van der Waals surface area contributed by atoms with Crippen molar-refractivity contribution < 1.29 is 17.9 Å². The number of nitrogens with one attached hydrogen (secondary N) is 1. The summed E-state index contributed by atoms with van der Waals surface area (Å²) >= 11 is 1.10. The topological polar surface area (TPSA) is 72.5 Å². The fourth-order valence-corrected chi connectivity index (χ4v) is 3.05. The molecule has 0 saturated heterocycles. The van der Waals surface area contributed by atoms with Crippen LogP contribution in [0.15, 0.2) is 16.3 Å². The summed E-state index contributed by atoms with van der Waals surface area (Å²) in [6, 6.07) is 3.12. The maximum Gasteiger partial charge on any atom is 0.421 e. The van der Waals surface area contributed by atoms with Gasteiger partial charge in [-0.1, -0.05) is 0 Å². The predicted molar refractivity (Wildman–Crippen MR) is 56.4 cm³/mol. The molecular weight excluding hydrogens is 238 g/mol. The molecule has 0 spiro atoms. The average molecular weight is 249 g/mol. The molecule has 1 heterocycles. The fraction of sp³-hybridized carbons (Fsp3) is 0.375. The van der Waals surface area contributed by atoms with E-state index in [4.69, 9.17) is 0 Å². The first-order valence-corrected chi connectivity index (χ1v) is 6.51. The molecule has 84 valence electrons. The molecule has 0 bridgehead atoms. The van der Waals surface area contributed by atoms with E-state index in [9.17, 15) is 13.2 Å². The van der Waals surface area contributed by atoms with Gasteiger partial charge in [-0.05, 0) is 26.0 Å². The molecule has 0 fully saturated rings. The quantitative estimate of drug-likeness (QED) is 0.881. The van der Waals surface area contributed by atoms with Crippen LogP contribution in [0.25, 0.3) is 0 Å². The highest BCUT2D eigenvalue weighted by atomic mass is 32.2. The predicted octanol–water partition coefficient (Wildman–Crippen LogP) is 1.49. The van der Waals surface area contributed by atoms with Gasteiger partial charge in [0.05, 0.1) is 6.61 Å². The third-order valence-corrected chi connectivity index (χ3v) is 4.28. The van der Waals surface area contributed by atoms with Crippen LogP contribution in [0.1, 0.15) is 11.8 Å². The molecular formula is C8H11NO4S2. The van der Waals surface area contributed by atoms with E-state index in [2.05, 4.69) is 4.74 Å². The van der Waals surface area contributed by atoms with Crippen LogP contribution in [0, 0.1) is 6.92 Å². The molecule has 0 unspecified atom stereocenters. The lowest BCUT2D eigenvalue weighted by Crippen LogP contribution is -2.30. The van der Waals surface area contributed by atoms with Crippen molar-refractivity contribution in [1.82, 2.24) is 4.72 Å². The Morgan fingerprint density at radius 3 is 2.67 bits per heavy atom. The monoisotopic (exact) mass is 249 g/mol. The van der Waals surface area contributed by atoms with Crippen LogP contribution >= 0.6 is 11.3 Å².